The van der Waals surface area contributed by atoms with E-state index >= 15 is 0 Å². The van der Waals surface area contributed by atoms with Gasteiger partial charge in [-0.3, -0.25) is 9.69 Å². The summed E-state index contributed by atoms with van der Waals surface area (Å²) in [4.78, 5) is 14.3. The molecule has 2 heterocycles. The molecule has 3 nitrogen and oxygen atoms in total. The van der Waals surface area contributed by atoms with Crippen LogP contribution in [0.15, 0.2) is 0 Å². The molecule has 0 aromatic heterocycles. The van der Waals surface area contributed by atoms with Crippen molar-refractivity contribution >= 4 is 5.97 Å². The zero-order valence-electron chi connectivity index (χ0n) is 9.95. The van der Waals surface area contributed by atoms with Gasteiger partial charge >= 0.3 is 5.97 Å². The highest BCUT2D eigenvalue weighted by molar-refractivity contribution is 5.74. The van der Waals surface area contributed by atoms with Gasteiger partial charge in [-0.1, -0.05) is 0 Å². The van der Waals surface area contributed by atoms with Crippen molar-refractivity contribution in [1.82, 2.24) is 4.90 Å². The number of rotatable bonds is 2. The second-order valence-corrected chi connectivity index (χ2v) is 5.28. The summed E-state index contributed by atoms with van der Waals surface area (Å²) in [5.74, 6) is 0.127. The summed E-state index contributed by atoms with van der Waals surface area (Å²) in [6, 6.07) is 0.444. The van der Waals surface area contributed by atoms with E-state index in [-0.39, 0.29) is 17.4 Å². The average molecular weight is 211 g/mol. The standard InChI is InChI=1S/C12H21NO2/c1-4-15-11(14)9-8-12(2,3)13-7-5-6-10(9)13/h9-10H,4-8H2,1-3H3/t9-,10-/m1/s1. The van der Waals surface area contributed by atoms with Gasteiger partial charge in [0.15, 0.2) is 0 Å². The summed E-state index contributed by atoms with van der Waals surface area (Å²) in [6.07, 6.45) is 3.34. The number of carbonyl (C=O) groups is 1. The topological polar surface area (TPSA) is 29.5 Å². The number of fused-ring (bicyclic) bond motifs is 1. The second kappa shape index (κ2) is 3.78. The van der Waals surface area contributed by atoms with Crippen molar-refractivity contribution in [2.24, 2.45) is 5.92 Å². The van der Waals surface area contributed by atoms with Crippen LogP contribution in [0, 0.1) is 5.92 Å². The molecule has 0 aliphatic carbocycles. The number of hydrogen-bond donors (Lipinski definition) is 0. The van der Waals surface area contributed by atoms with E-state index < -0.39 is 0 Å². The maximum Gasteiger partial charge on any atom is 0.310 e. The van der Waals surface area contributed by atoms with Crippen molar-refractivity contribution in [2.45, 2.75) is 51.6 Å². The van der Waals surface area contributed by atoms with Crippen molar-refractivity contribution in [2.75, 3.05) is 13.2 Å². The lowest BCUT2D eigenvalue weighted by molar-refractivity contribution is -0.148. The summed E-state index contributed by atoms with van der Waals surface area (Å²) < 4.78 is 5.16. The fourth-order valence-electron chi connectivity index (χ4n) is 3.24. The molecule has 0 unspecified atom stereocenters. The number of ether oxygens (including phenoxy) is 1. The van der Waals surface area contributed by atoms with E-state index in [1.807, 2.05) is 6.92 Å². The van der Waals surface area contributed by atoms with E-state index in [9.17, 15) is 4.79 Å². The number of hydrogen-bond acceptors (Lipinski definition) is 3. The van der Waals surface area contributed by atoms with Crippen molar-refractivity contribution in [3.8, 4) is 0 Å². The number of nitrogens with zero attached hydrogens (tertiary/aromatic N) is 1. The van der Waals surface area contributed by atoms with Crippen LogP contribution in [0.3, 0.4) is 0 Å². The number of carbonyl (C=O) groups excluding carboxylic acids is 1. The van der Waals surface area contributed by atoms with Crippen LogP contribution in [0.1, 0.15) is 40.0 Å². The lowest BCUT2D eigenvalue weighted by atomic mass is 9.92. The predicted octanol–water partition coefficient (Wildman–Crippen LogP) is 1.81. The number of esters is 1. The van der Waals surface area contributed by atoms with Gasteiger partial charge in [-0.2, -0.15) is 0 Å². The normalized spacial score (nSPS) is 34.1. The molecule has 0 N–H and O–H groups in total. The first-order valence-electron chi connectivity index (χ1n) is 5.99. The molecule has 2 aliphatic rings. The Balaban J connectivity index is 2.11. The highest BCUT2D eigenvalue weighted by Crippen LogP contribution is 2.43. The minimum atomic E-state index is 0.0139. The van der Waals surface area contributed by atoms with Gasteiger partial charge in [-0.05, 0) is 46.6 Å². The van der Waals surface area contributed by atoms with Crippen molar-refractivity contribution in [3.63, 3.8) is 0 Å². The zero-order chi connectivity index (χ0) is 11.1. The molecule has 0 amide bonds. The molecule has 0 aromatic carbocycles. The fourth-order valence-corrected chi connectivity index (χ4v) is 3.24. The molecule has 0 saturated carbocycles. The third-order valence-corrected chi connectivity index (χ3v) is 3.85. The van der Waals surface area contributed by atoms with Crippen LogP contribution in [0.25, 0.3) is 0 Å². The molecule has 2 atom stereocenters. The molecule has 2 rings (SSSR count). The average Bonchev–Trinajstić information content (AvgIpc) is 2.70. The van der Waals surface area contributed by atoms with E-state index in [4.69, 9.17) is 4.74 Å². The minimum absolute atomic E-state index is 0.0139. The summed E-state index contributed by atoms with van der Waals surface area (Å²) in [5, 5.41) is 0. The van der Waals surface area contributed by atoms with Gasteiger partial charge in [0.05, 0.1) is 12.5 Å². The molecule has 0 radical (unpaired) electrons. The molecule has 3 heteroatoms. The highest BCUT2D eigenvalue weighted by atomic mass is 16.5. The summed E-state index contributed by atoms with van der Waals surface area (Å²) in [7, 11) is 0. The lowest BCUT2D eigenvalue weighted by Gasteiger charge is -2.30. The molecule has 86 valence electrons. The van der Waals surface area contributed by atoms with E-state index in [1.165, 1.54) is 6.42 Å². The monoisotopic (exact) mass is 211 g/mol. The van der Waals surface area contributed by atoms with E-state index in [2.05, 4.69) is 18.7 Å². The third-order valence-electron chi connectivity index (χ3n) is 3.85. The summed E-state index contributed by atoms with van der Waals surface area (Å²) >= 11 is 0. The van der Waals surface area contributed by atoms with Gasteiger partial charge in [0.2, 0.25) is 0 Å². The van der Waals surface area contributed by atoms with Gasteiger partial charge in [0.25, 0.3) is 0 Å². The maximum atomic E-state index is 11.8. The van der Waals surface area contributed by atoms with Crippen molar-refractivity contribution in [3.05, 3.63) is 0 Å². The van der Waals surface area contributed by atoms with E-state index in [1.54, 1.807) is 0 Å². The summed E-state index contributed by atoms with van der Waals surface area (Å²) in [5.41, 5.74) is 0.179. The van der Waals surface area contributed by atoms with Crippen LogP contribution in [-0.4, -0.2) is 35.6 Å². The highest BCUT2D eigenvalue weighted by Gasteiger charge is 2.51. The smallest absolute Gasteiger partial charge is 0.310 e. The lowest BCUT2D eigenvalue weighted by Crippen LogP contribution is -2.39. The molecular weight excluding hydrogens is 190 g/mol. The van der Waals surface area contributed by atoms with E-state index in [0.717, 1.165) is 19.4 Å². The van der Waals surface area contributed by atoms with Crippen molar-refractivity contribution in [1.29, 1.82) is 0 Å². The fraction of sp³-hybridized carbons (Fsp3) is 0.917. The SMILES string of the molecule is CCOC(=O)[C@@H]1CC(C)(C)N2CCC[C@H]12. The second-order valence-electron chi connectivity index (χ2n) is 5.28. The zero-order valence-corrected chi connectivity index (χ0v) is 9.95. The van der Waals surface area contributed by atoms with E-state index in [0.29, 0.717) is 12.6 Å². The first-order valence-corrected chi connectivity index (χ1v) is 5.99. The molecule has 0 spiro atoms. The Kier molecular flexibility index (Phi) is 2.75. The Morgan fingerprint density at radius 1 is 1.53 bits per heavy atom. The molecule has 0 bridgehead atoms. The Morgan fingerprint density at radius 2 is 2.27 bits per heavy atom. The molecule has 2 saturated heterocycles. The molecule has 2 aliphatic heterocycles. The Bertz CT molecular complexity index is 262. The van der Waals surface area contributed by atoms with Crippen molar-refractivity contribution < 1.29 is 9.53 Å². The van der Waals surface area contributed by atoms with Crippen LogP contribution in [0.2, 0.25) is 0 Å². The predicted molar refractivity (Wildman–Crippen MR) is 58.5 cm³/mol. The largest absolute Gasteiger partial charge is 0.466 e. The third kappa shape index (κ3) is 1.78. The molecular formula is C12H21NO2. The first-order chi connectivity index (χ1) is 7.06. The van der Waals surface area contributed by atoms with Gasteiger partial charge in [-0.25, -0.2) is 0 Å². The summed E-state index contributed by atoms with van der Waals surface area (Å²) in [6.45, 7) is 8.01. The minimum Gasteiger partial charge on any atom is -0.466 e. The van der Waals surface area contributed by atoms with Crippen LogP contribution in [-0.2, 0) is 9.53 Å². The van der Waals surface area contributed by atoms with Gasteiger partial charge in [-0.15, -0.1) is 0 Å². The molecule has 0 aromatic rings. The first kappa shape index (κ1) is 10.9. The van der Waals surface area contributed by atoms with Gasteiger partial charge in [0.1, 0.15) is 0 Å². The Labute approximate surface area is 91.8 Å². The van der Waals surface area contributed by atoms with Crippen LogP contribution < -0.4 is 0 Å². The van der Waals surface area contributed by atoms with Crippen LogP contribution >= 0.6 is 0 Å². The Morgan fingerprint density at radius 3 is 2.93 bits per heavy atom. The quantitative estimate of drug-likeness (QED) is 0.652. The van der Waals surface area contributed by atoms with Crippen LogP contribution in [0.4, 0.5) is 0 Å². The molecule has 15 heavy (non-hydrogen) atoms. The maximum absolute atomic E-state index is 11.8. The van der Waals surface area contributed by atoms with Gasteiger partial charge in [0, 0.05) is 11.6 Å². The van der Waals surface area contributed by atoms with Gasteiger partial charge < -0.3 is 4.74 Å². The molecule has 2 fully saturated rings. The Hall–Kier alpha value is -0.570. The van der Waals surface area contributed by atoms with Crippen LogP contribution in [0.5, 0.6) is 0 Å².